The third-order valence-corrected chi connectivity index (χ3v) is 15.8. The zero-order valence-corrected chi connectivity index (χ0v) is 34.6. The smallest absolute Gasteiger partial charge is 0.252 e. The van der Waals surface area contributed by atoms with Gasteiger partial charge in [-0.1, -0.05) is 167 Å². The zero-order chi connectivity index (χ0) is 37.6. The molecule has 8 aromatic carbocycles. The quantitative estimate of drug-likeness (QED) is 0.162. The van der Waals surface area contributed by atoms with E-state index in [9.17, 15) is 0 Å². The van der Waals surface area contributed by atoms with Crippen LogP contribution in [0.4, 0.5) is 34.1 Å². The van der Waals surface area contributed by atoms with Gasteiger partial charge in [0, 0.05) is 34.0 Å². The molecule has 2 heterocycles. The van der Waals surface area contributed by atoms with E-state index in [4.69, 9.17) is 0 Å². The van der Waals surface area contributed by atoms with E-state index in [0.29, 0.717) is 0 Å². The standard InChI is InChI=1S/C50H45BN2Si2/c1-54(2,3)49-37-23-12-10-21-35(37)31-32-46(49)52-42-27-16-14-25-40(42)51-41-26-15-17-28-43(41)53(45-30-18-29-44(52)47(45)51)48-39(34-19-8-7-9-20-34)33-36-22-11-13-24-38(36)50(48)55(4,5)6/h7-33H,1-6H3. The summed E-state index contributed by atoms with van der Waals surface area (Å²) in [7, 11) is -3.85. The molecule has 10 rings (SSSR count). The second-order valence-electron chi connectivity index (χ2n) is 17.3. The van der Waals surface area contributed by atoms with Gasteiger partial charge in [0.1, 0.15) is 0 Å². The van der Waals surface area contributed by atoms with Crippen LogP contribution < -0.4 is 36.6 Å². The molecule has 8 aromatic rings. The lowest BCUT2D eigenvalue weighted by Crippen LogP contribution is -2.62. The molecule has 266 valence electrons. The fourth-order valence-electron chi connectivity index (χ4n) is 9.74. The molecule has 2 aliphatic rings. The molecule has 0 saturated heterocycles. The maximum absolute atomic E-state index is 2.67. The molecular weight excluding hydrogens is 696 g/mol. The molecule has 5 heteroatoms. The van der Waals surface area contributed by atoms with Crippen molar-refractivity contribution in [2.24, 2.45) is 0 Å². The molecule has 55 heavy (non-hydrogen) atoms. The number of hydrogen-bond acceptors (Lipinski definition) is 2. The summed E-state index contributed by atoms with van der Waals surface area (Å²) >= 11 is 0. The molecule has 0 saturated carbocycles. The average Bonchev–Trinajstić information content (AvgIpc) is 3.19. The molecule has 0 bridgehead atoms. The van der Waals surface area contributed by atoms with Gasteiger partial charge in [0.2, 0.25) is 0 Å². The van der Waals surface area contributed by atoms with E-state index < -0.39 is 16.1 Å². The Bertz CT molecular complexity index is 2820. The minimum atomic E-state index is -1.98. The first-order valence-electron chi connectivity index (χ1n) is 19.7. The summed E-state index contributed by atoms with van der Waals surface area (Å²) in [6.07, 6.45) is 0. The van der Waals surface area contributed by atoms with Gasteiger partial charge < -0.3 is 9.80 Å². The number of rotatable bonds is 5. The summed E-state index contributed by atoms with van der Waals surface area (Å²) in [4.78, 5) is 5.29. The minimum absolute atomic E-state index is 0.0952. The fourth-order valence-corrected chi connectivity index (χ4v) is 13.7. The largest absolute Gasteiger partial charge is 0.312 e. The van der Waals surface area contributed by atoms with Crippen LogP contribution in [0.15, 0.2) is 164 Å². The predicted molar refractivity (Wildman–Crippen MR) is 247 cm³/mol. The van der Waals surface area contributed by atoms with Gasteiger partial charge in [-0.2, -0.15) is 0 Å². The van der Waals surface area contributed by atoms with E-state index in [1.54, 1.807) is 0 Å². The van der Waals surface area contributed by atoms with Gasteiger partial charge in [0.25, 0.3) is 6.71 Å². The Balaban J connectivity index is 1.34. The van der Waals surface area contributed by atoms with Gasteiger partial charge in [0.05, 0.1) is 21.8 Å². The van der Waals surface area contributed by atoms with Gasteiger partial charge in [-0.05, 0) is 90.3 Å². The Morgan fingerprint density at radius 3 is 1.56 bits per heavy atom. The molecule has 2 nitrogen and oxygen atoms in total. The topological polar surface area (TPSA) is 6.48 Å². The van der Waals surface area contributed by atoms with E-state index in [1.807, 2.05) is 0 Å². The highest BCUT2D eigenvalue weighted by molar-refractivity contribution is 7.00. The number of para-hydroxylation sites is 2. The van der Waals surface area contributed by atoms with Crippen molar-refractivity contribution in [2.45, 2.75) is 39.3 Å². The van der Waals surface area contributed by atoms with Crippen molar-refractivity contribution in [2.75, 3.05) is 9.80 Å². The first-order chi connectivity index (χ1) is 26.6. The van der Waals surface area contributed by atoms with E-state index in [0.717, 1.165) is 0 Å². The Kier molecular flexibility index (Phi) is 7.68. The van der Waals surface area contributed by atoms with Crippen molar-refractivity contribution in [1.29, 1.82) is 0 Å². The van der Waals surface area contributed by atoms with Crippen LogP contribution in [0.25, 0.3) is 32.7 Å². The lowest BCUT2D eigenvalue weighted by molar-refractivity contribution is 1.26. The Labute approximate surface area is 327 Å². The maximum atomic E-state index is 2.67. The fraction of sp³-hybridized carbons (Fsp3) is 0.120. The molecule has 0 radical (unpaired) electrons. The monoisotopic (exact) mass is 740 g/mol. The first-order valence-corrected chi connectivity index (χ1v) is 26.7. The molecule has 0 N–H and O–H groups in total. The number of benzene rings is 8. The normalized spacial score (nSPS) is 13.5. The van der Waals surface area contributed by atoms with E-state index >= 15 is 0 Å². The highest BCUT2D eigenvalue weighted by atomic mass is 28.3. The third kappa shape index (κ3) is 5.21. The summed E-state index contributed by atoms with van der Waals surface area (Å²) in [6, 6.07) is 61.8. The van der Waals surface area contributed by atoms with Crippen LogP contribution in [-0.4, -0.2) is 22.9 Å². The number of fused-ring (bicyclic) bond motifs is 6. The van der Waals surface area contributed by atoms with Crippen molar-refractivity contribution in [1.82, 2.24) is 0 Å². The average molecular weight is 741 g/mol. The van der Waals surface area contributed by atoms with Crippen molar-refractivity contribution >= 4 is 105 Å². The molecule has 0 atom stereocenters. The van der Waals surface area contributed by atoms with Crippen molar-refractivity contribution in [3.8, 4) is 11.1 Å². The van der Waals surface area contributed by atoms with Crippen LogP contribution in [0.2, 0.25) is 39.3 Å². The highest BCUT2D eigenvalue weighted by Crippen LogP contribution is 2.47. The van der Waals surface area contributed by atoms with Crippen molar-refractivity contribution in [3.63, 3.8) is 0 Å². The van der Waals surface area contributed by atoms with E-state index in [1.165, 1.54) is 93.6 Å². The van der Waals surface area contributed by atoms with Crippen LogP contribution in [0.1, 0.15) is 0 Å². The van der Waals surface area contributed by atoms with Gasteiger partial charge in [-0.25, -0.2) is 0 Å². The summed E-state index contributed by atoms with van der Waals surface area (Å²) < 4.78 is 0. The molecule has 0 aromatic heterocycles. The molecule has 0 unspecified atom stereocenters. The highest BCUT2D eigenvalue weighted by Gasteiger charge is 2.45. The van der Waals surface area contributed by atoms with E-state index in [2.05, 4.69) is 213 Å². The van der Waals surface area contributed by atoms with Gasteiger partial charge >= 0.3 is 0 Å². The summed E-state index contributed by atoms with van der Waals surface area (Å²) in [5.74, 6) is 0. The SMILES string of the molecule is C[Si](C)(C)c1c(N2c3ccccc3B3c4ccccc4N(c4c(-c5ccccc5)cc5ccccc5c4[Si](C)(C)C)c4cccc2c43)ccc2ccccc12. The first kappa shape index (κ1) is 33.9. The van der Waals surface area contributed by atoms with E-state index in [-0.39, 0.29) is 6.71 Å². The lowest BCUT2D eigenvalue weighted by Gasteiger charge is -2.46. The van der Waals surface area contributed by atoms with Gasteiger partial charge in [-0.15, -0.1) is 0 Å². The second-order valence-corrected chi connectivity index (χ2v) is 27.3. The summed E-state index contributed by atoms with van der Waals surface area (Å²) in [6.45, 7) is 15.1. The predicted octanol–water partition coefficient (Wildman–Crippen LogP) is 10.8. The van der Waals surface area contributed by atoms with Crippen LogP contribution in [0.3, 0.4) is 0 Å². The molecular formula is C50H45BN2Si2. The van der Waals surface area contributed by atoms with Crippen LogP contribution in [0.5, 0.6) is 0 Å². The zero-order valence-electron chi connectivity index (χ0n) is 32.6. The van der Waals surface area contributed by atoms with Crippen molar-refractivity contribution < 1.29 is 0 Å². The molecule has 0 fully saturated rings. The summed E-state index contributed by atoms with van der Waals surface area (Å²) in [5.41, 5.74) is 14.3. The number of hydrogen-bond donors (Lipinski definition) is 0. The van der Waals surface area contributed by atoms with Crippen LogP contribution >= 0.6 is 0 Å². The Hall–Kier alpha value is -5.62. The molecule has 0 amide bonds. The lowest BCUT2D eigenvalue weighted by atomic mass is 9.33. The molecule has 0 spiro atoms. The number of anilines is 6. The van der Waals surface area contributed by atoms with Gasteiger partial charge in [0.15, 0.2) is 0 Å². The summed E-state index contributed by atoms with van der Waals surface area (Å²) in [5, 5.41) is 8.36. The Morgan fingerprint density at radius 1 is 0.400 bits per heavy atom. The van der Waals surface area contributed by atoms with Crippen LogP contribution in [-0.2, 0) is 0 Å². The second kappa shape index (κ2) is 12.5. The molecule has 2 aliphatic heterocycles. The Morgan fingerprint density at radius 2 is 0.909 bits per heavy atom. The maximum Gasteiger partial charge on any atom is 0.252 e. The molecule has 0 aliphatic carbocycles. The minimum Gasteiger partial charge on any atom is -0.312 e. The number of nitrogens with zero attached hydrogens (tertiary/aromatic N) is 2. The third-order valence-electron chi connectivity index (χ3n) is 11.8. The van der Waals surface area contributed by atoms with Crippen molar-refractivity contribution in [3.05, 3.63) is 164 Å². The van der Waals surface area contributed by atoms with Crippen LogP contribution in [0, 0.1) is 0 Å². The van der Waals surface area contributed by atoms with Gasteiger partial charge in [-0.3, -0.25) is 0 Å².